The maximum Gasteiger partial charge on any atom is 0.179 e. The Morgan fingerprint density at radius 3 is 2.88 bits per heavy atom. The van der Waals surface area contributed by atoms with Crippen molar-refractivity contribution in [2.24, 2.45) is 0 Å². The first-order chi connectivity index (χ1) is 7.40. The Kier molecular flexibility index (Phi) is 2.99. The molecule has 2 rings (SSSR count). The van der Waals surface area contributed by atoms with E-state index in [0.29, 0.717) is 16.3 Å². The molecule has 0 amide bonds. The van der Waals surface area contributed by atoms with Crippen molar-refractivity contribution in [3.05, 3.63) is 28.8 Å². The van der Waals surface area contributed by atoms with Crippen molar-refractivity contribution in [3.63, 3.8) is 0 Å². The van der Waals surface area contributed by atoms with E-state index in [4.69, 9.17) is 11.6 Å². The van der Waals surface area contributed by atoms with E-state index in [1.165, 1.54) is 0 Å². The van der Waals surface area contributed by atoms with E-state index >= 15 is 0 Å². The highest BCUT2D eigenvalue weighted by Gasteiger charge is 2.35. The minimum atomic E-state index is -3.19. The van der Waals surface area contributed by atoms with Crippen molar-refractivity contribution >= 4 is 21.4 Å². The summed E-state index contributed by atoms with van der Waals surface area (Å²) in [4.78, 5) is 0.363. The van der Waals surface area contributed by atoms with Gasteiger partial charge in [0.05, 0.1) is 16.8 Å². The number of sulfone groups is 1. The van der Waals surface area contributed by atoms with Gasteiger partial charge in [0.25, 0.3) is 0 Å². The Labute approximate surface area is 100.0 Å². The van der Waals surface area contributed by atoms with Gasteiger partial charge in [-0.25, -0.2) is 8.42 Å². The van der Waals surface area contributed by atoms with Gasteiger partial charge in [0, 0.05) is 10.9 Å². The zero-order valence-corrected chi connectivity index (χ0v) is 10.4. The quantitative estimate of drug-likeness (QED) is 0.885. The van der Waals surface area contributed by atoms with E-state index in [1.54, 1.807) is 25.1 Å². The SMILES string of the molecule is CC(O)CC1CS(=O)(=O)c2ccc(Cl)cc21. The van der Waals surface area contributed by atoms with Crippen molar-refractivity contribution in [2.75, 3.05) is 5.75 Å². The summed E-state index contributed by atoms with van der Waals surface area (Å²) in [5.41, 5.74) is 0.744. The summed E-state index contributed by atoms with van der Waals surface area (Å²) in [7, 11) is -3.19. The van der Waals surface area contributed by atoms with Crippen LogP contribution in [0.2, 0.25) is 5.02 Å². The molecule has 5 heteroatoms. The third kappa shape index (κ3) is 2.10. The van der Waals surface area contributed by atoms with Crippen LogP contribution in [-0.2, 0) is 9.84 Å². The summed E-state index contributed by atoms with van der Waals surface area (Å²) in [6.07, 6.45) is -0.0582. The van der Waals surface area contributed by atoms with Crippen LogP contribution in [0.5, 0.6) is 0 Å². The van der Waals surface area contributed by atoms with Crippen LogP contribution in [0.1, 0.15) is 24.8 Å². The normalized spacial score (nSPS) is 24.1. The Bertz CT molecular complexity index is 508. The van der Waals surface area contributed by atoms with Gasteiger partial charge in [-0.3, -0.25) is 0 Å². The molecule has 1 heterocycles. The van der Waals surface area contributed by atoms with Crippen LogP contribution in [0.25, 0.3) is 0 Å². The monoisotopic (exact) mass is 260 g/mol. The summed E-state index contributed by atoms with van der Waals surface area (Å²) < 4.78 is 23.7. The van der Waals surface area contributed by atoms with Crippen molar-refractivity contribution < 1.29 is 13.5 Å². The van der Waals surface area contributed by atoms with Gasteiger partial charge in [-0.1, -0.05) is 11.6 Å². The highest BCUT2D eigenvalue weighted by molar-refractivity contribution is 7.91. The van der Waals surface area contributed by atoms with Crippen LogP contribution in [0.4, 0.5) is 0 Å². The zero-order chi connectivity index (χ0) is 11.9. The first-order valence-corrected chi connectivity index (χ1v) is 7.13. The number of hydrogen-bond acceptors (Lipinski definition) is 3. The van der Waals surface area contributed by atoms with Crippen molar-refractivity contribution in [1.82, 2.24) is 0 Å². The maximum atomic E-state index is 11.8. The minimum Gasteiger partial charge on any atom is -0.393 e. The average molecular weight is 261 g/mol. The van der Waals surface area contributed by atoms with Crippen LogP contribution in [0.3, 0.4) is 0 Å². The molecule has 1 aliphatic rings. The average Bonchev–Trinajstić information content (AvgIpc) is 2.37. The Morgan fingerprint density at radius 1 is 1.56 bits per heavy atom. The summed E-state index contributed by atoms with van der Waals surface area (Å²) in [5.74, 6) is -0.0631. The van der Waals surface area contributed by atoms with Crippen molar-refractivity contribution in [2.45, 2.75) is 30.3 Å². The summed E-state index contributed by atoms with van der Waals surface area (Å²) in [5, 5.41) is 9.88. The van der Waals surface area contributed by atoms with Crippen LogP contribution in [0, 0.1) is 0 Å². The molecular formula is C11H13ClO3S. The lowest BCUT2D eigenvalue weighted by molar-refractivity contribution is 0.177. The zero-order valence-electron chi connectivity index (χ0n) is 8.85. The molecule has 1 N–H and O–H groups in total. The highest BCUT2D eigenvalue weighted by atomic mass is 35.5. The Balaban J connectivity index is 2.48. The molecule has 16 heavy (non-hydrogen) atoms. The number of aliphatic hydroxyl groups is 1. The number of halogens is 1. The number of benzene rings is 1. The van der Waals surface area contributed by atoms with Crippen molar-refractivity contribution in [3.8, 4) is 0 Å². The van der Waals surface area contributed by atoms with Gasteiger partial charge in [0.1, 0.15) is 0 Å². The lowest BCUT2D eigenvalue weighted by Crippen LogP contribution is -2.10. The molecule has 2 unspecified atom stereocenters. The molecule has 0 aromatic heterocycles. The number of rotatable bonds is 2. The third-order valence-corrected chi connectivity index (χ3v) is 4.91. The predicted molar refractivity (Wildman–Crippen MR) is 62.5 cm³/mol. The van der Waals surface area contributed by atoms with Gasteiger partial charge in [-0.15, -0.1) is 0 Å². The van der Waals surface area contributed by atoms with Gasteiger partial charge in [0.15, 0.2) is 9.84 Å². The molecular weight excluding hydrogens is 248 g/mol. The molecule has 1 aromatic rings. The molecule has 1 aromatic carbocycles. The second-order valence-corrected chi connectivity index (χ2v) is 6.68. The van der Waals surface area contributed by atoms with Crippen LogP contribution >= 0.6 is 11.6 Å². The standard InChI is InChI=1S/C11H13ClO3S/c1-7(13)4-8-6-16(14,15)11-3-2-9(12)5-10(8)11/h2-3,5,7-8,13H,4,6H2,1H3. The molecule has 0 saturated heterocycles. The topological polar surface area (TPSA) is 54.4 Å². The number of aliphatic hydroxyl groups excluding tert-OH is 1. The first-order valence-electron chi connectivity index (χ1n) is 5.10. The summed E-state index contributed by atoms with van der Waals surface area (Å²) in [6.45, 7) is 1.66. The predicted octanol–water partition coefficient (Wildman–Crippen LogP) is 1.98. The summed E-state index contributed by atoms with van der Waals surface area (Å²) in [6, 6.07) is 4.83. The van der Waals surface area contributed by atoms with Gasteiger partial charge in [-0.2, -0.15) is 0 Å². The molecule has 0 fully saturated rings. The Hall–Kier alpha value is -0.580. The molecule has 0 bridgehead atoms. The van der Waals surface area contributed by atoms with E-state index in [1.807, 2.05) is 0 Å². The fourth-order valence-electron chi connectivity index (χ4n) is 2.17. The molecule has 0 spiro atoms. The van der Waals surface area contributed by atoms with Crippen molar-refractivity contribution in [1.29, 1.82) is 0 Å². The van der Waals surface area contributed by atoms with Gasteiger partial charge in [0.2, 0.25) is 0 Å². The number of hydrogen-bond donors (Lipinski definition) is 1. The minimum absolute atomic E-state index is 0.0770. The van der Waals surface area contributed by atoms with E-state index in [2.05, 4.69) is 0 Å². The third-order valence-electron chi connectivity index (χ3n) is 2.79. The summed E-state index contributed by atoms with van der Waals surface area (Å²) >= 11 is 5.86. The lowest BCUT2D eigenvalue weighted by atomic mass is 9.96. The van der Waals surface area contributed by atoms with Crippen LogP contribution < -0.4 is 0 Å². The first kappa shape index (κ1) is 11.9. The van der Waals surface area contributed by atoms with Crippen LogP contribution in [0.15, 0.2) is 23.1 Å². The maximum absolute atomic E-state index is 11.8. The van der Waals surface area contributed by atoms with Crippen LogP contribution in [-0.4, -0.2) is 25.4 Å². The smallest absolute Gasteiger partial charge is 0.179 e. The van der Waals surface area contributed by atoms with E-state index < -0.39 is 15.9 Å². The highest BCUT2D eigenvalue weighted by Crippen LogP contribution is 2.38. The molecule has 1 aliphatic heterocycles. The molecule has 2 atom stereocenters. The fraction of sp³-hybridized carbons (Fsp3) is 0.455. The molecule has 0 radical (unpaired) electrons. The fourth-order valence-corrected chi connectivity index (χ4v) is 4.24. The van der Waals surface area contributed by atoms with E-state index in [0.717, 1.165) is 5.56 Å². The largest absolute Gasteiger partial charge is 0.393 e. The second kappa shape index (κ2) is 4.02. The second-order valence-electron chi connectivity index (χ2n) is 4.25. The molecule has 0 saturated carbocycles. The van der Waals surface area contributed by atoms with Gasteiger partial charge >= 0.3 is 0 Å². The Morgan fingerprint density at radius 2 is 2.25 bits per heavy atom. The number of fused-ring (bicyclic) bond motifs is 1. The molecule has 3 nitrogen and oxygen atoms in total. The van der Waals surface area contributed by atoms with Gasteiger partial charge in [-0.05, 0) is 37.1 Å². The van der Waals surface area contributed by atoms with Gasteiger partial charge < -0.3 is 5.11 Å². The molecule has 0 aliphatic carbocycles. The molecule has 88 valence electrons. The van der Waals surface area contributed by atoms with E-state index in [-0.39, 0.29) is 11.7 Å². The van der Waals surface area contributed by atoms with E-state index in [9.17, 15) is 13.5 Å². The lowest BCUT2D eigenvalue weighted by Gasteiger charge is -2.11.